The Kier molecular flexibility index (Phi) is 4.79. The lowest BCUT2D eigenvalue weighted by atomic mass is 10.1. The van der Waals surface area contributed by atoms with Crippen molar-refractivity contribution in [1.82, 2.24) is 15.1 Å². The van der Waals surface area contributed by atoms with Crippen molar-refractivity contribution in [2.45, 2.75) is 26.8 Å². The summed E-state index contributed by atoms with van der Waals surface area (Å²) in [5, 5.41) is 7.85. The van der Waals surface area contributed by atoms with E-state index < -0.39 is 0 Å². The fraction of sp³-hybridized carbons (Fsp3) is 0.438. The van der Waals surface area contributed by atoms with Gasteiger partial charge in [-0.15, -0.1) is 0 Å². The van der Waals surface area contributed by atoms with E-state index >= 15 is 0 Å². The Morgan fingerprint density at radius 1 is 1.30 bits per heavy atom. The lowest BCUT2D eigenvalue weighted by Gasteiger charge is -2.07. The maximum atomic E-state index is 5.27. The first-order chi connectivity index (χ1) is 9.65. The molecule has 0 unspecified atom stereocenters. The van der Waals surface area contributed by atoms with Crippen molar-refractivity contribution in [2.24, 2.45) is 0 Å². The number of methoxy groups -OCH3 is 1. The van der Waals surface area contributed by atoms with E-state index in [0.29, 0.717) is 0 Å². The molecule has 0 atom stereocenters. The van der Waals surface area contributed by atoms with Gasteiger partial charge in [-0.3, -0.25) is 4.68 Å². The highest BCUT2D eigenvalue weighted by atomic mass is 16.5. The van der Waals surface area contributed by atoms with Gasteiger partial charge in [0, 0.05) is 5.69 Å². The van der Waals surface area contributed by atoms with Crippen molar-refractivity contribution in [1.29, 1.82) is 0 Å². The second-order valence-corrected chi connectivity index (χ2v) is 5.01. The fourth-order valence-corrected chi connectivity index (χ4v) is 2.44. The van der Waals surface area contributed by atoms with Gasteiger partial charge in [-0.2, -0.15) is 5.10 Å². The highest BCUT2D eigenvalue weighted by Gasteiger charge is 2.11. The van der Waals surface area contributed by atoms with Gasteiger partial charge in [0.05, 0.1) is 19.3 Å². The Bertz CT molecular complexity index is 575. The monoisotopic (exact) mass is 273 g/mol. The Hall–Kier alpha value is -1.81. The van der Waals surface area contributed by atoms with Crippen LogP contribution in [0.4, 0.5) is 0 Å². The lowest BCUT2D eigenvalue weighted by molar-refractivity contribution is 0.414. The molecule has 1 N–H and O–H groups in total. The van der Waals surface area contributed by atoms with Crippen LogP contribution in [0.15, 0.2) is 24.3 Å². The van der Waals surface area contributed by atoms with Gasteiger partial charge in [-0.25, -0.2) is 0 Å². The molecule has 20 heavy (non-hydrogen) atoms. The zero-order valence-electron chi connectivity index (χ0n) is 12.7. The van der Waals surface area contributed by atoms with Crippen molar-refractivity contribution < 1.29 is 4.74 Å². The summed E-state index contributed by atoms with van der Waals surface area (Å²) < 4.78 is 7.35. The van der Waals surface area contributed by atoms with E-state index in [4.69, 9.17) is 4.74 Å². The maximum absolute atomic E-state index is 5.27. The van der Waals surface area contributed by atoms with E-state index in [1.807, 2.05) is 19.2 Å². The first-order valence-corrected chi connectivity index (χ1v) is 6.96. The van der Waals surface area contributed by atoms with Gasteiger partial charge in [0.2, 0.25) is 0 Å². The summed E-state index contributed by atoms with van der Waals surface area (Å²) in [6.45, 7) is 5.99. The van der Waals surface area contributed by atoms with E-state index in [2.05, 4.69) is 41.1 Å². The van der Waals surface area contributed by atoms with Gasteiger partial charge < -0.3 is 10.1 Å². The van der Waals surface area contributed by atoms with E-state index in [9.17, 15) is 0 Å². The molecule has 0 saturated carbocycles. The average Bonchev–Trinajstić information content (AvgIpc) is 2.72. The molecule has 1 aromatic carbocycles. The number of nitrogens with one attached hydrogen (secondary N) is 1. The predicted molar refractivity (Wildman–Crippen MR) is 81.4 cm³/mol. The normalized spacial score (nSPS) is 10.8. The van der Waals surface area contributed by atoms with Crippen LogP contribution < -0.4 is 10.1 Å². The number of rotatable bonds is 6. The largest absolute Gasteiger partial charge is 0.497 e. The summed E-state index contributed by atoms with van der Waals surface area (Å²) in [5.41, 5.74) is 4.93. The molecule has 1 heterocycles. The van der Waals surface area contributed by atoms with Crippen LogP contribution in [0.5, 0.6) is 5.75 Å². The zero-order chi connectivity index (χ0) is 14.5. The number of nitrogens with zero attached hydrogens (tertiary/aromatic N) is 2. The molecule has 0 aliphatic heterocycles. The van der Waals surface area contributed by atoms with E-state index in [1.54, 1.807) is 7.11 Å². The van der Waals surface area contributed by atoms with Gasteiger partial charge in [0.15, 0.2) is 0 Å². The molecule has 0 aliphatic carbocycles. The van der Waals surface area contributed by atoms with Crippen LogP contribution >= 0.6 is 0 Å². The van der Waals surface area contributed by atoms with Crippen LogP contribution in [0.3, 0.4) is 0 Å². The molecule has 4 nitrogen and oxygen atoms in total. The molecule has 0 radical (unpaired) electrons. The third-order valence-electron chi connectivity index (χ3n) is 3.62. The summed E-state index contributed by atoms with van der Waals surface area (Å²) in [5.74, 6) is 0.888. The number of aromatic nitrogens is 2. The SMILES string of the molecule is CNCCc1c(C)nn(Cc2cccc(OC)c2)c1C. The second kappa shape index (κ2) is 6.57. The zero-order valence-corrected chi connectivity index (χ0v) is 12.7. The third kappa shape index (κ3) is 3.20. The van der Waals surface area contributed by atoms with E-state index in [-0.39, 0.29) is 0 Å². The minimum absolute atomic E-state index is 0.781. The van der Waals surface area contributed by atoms with Crippen LogP contribution in [0, 0.1) is 13.8 Å². The molecule has 0 bridgehead atoms. The van der Waals surface area contributed by atoms with E-state index in [1.165, 1.54) is 16.8 Å². The van der Waals surface area contributed by atoms with Gasteiger partial charge >= 0.3 is 0 Å². The fourth-order valence-electron chi connectivity index (χ4n) is 2.44. The van der Waals surface area contributed by atoms with Crippen LogP contribution in [0.1, 0.15) is 22.5 Å². The summed E-state index contributed by atoms with van der Waals surface area (Å²) >= 11 is 0. The molecule has 108 valence electrons. The standard InChI is InChI=1S/C16H23N3O/c1-12-16(8-9-17-3)13(2)19(18-12)11-14-6-5-7-15(10-14)20-4/h5-7,10,17H,8-9,11H2,1-4H3. The summed E-state index contributed by atoms with van der Waals surface area (Å²) in [6, 6.07) is 8.14. The van der Waals surface area contributed by atoms with Crippen LogP contribution in [0.2, 0.25) is 0 Å². The van der Waals surface area contributed by atoms with Crippen LogP contribution in [-0.2, 0) is 13.0 Å². The number of likely N-dealkylation sites (N-methyl/N-ethyl adjacent to an activating group) is 1. The van der Waals surface area contributed by atoms with Gasteiger partial charge in [0.25, 0.3) is 0 Å². The summed E-state index contributed by atoms with van der Waals surface area (Å²) in [6.07, 6.45) is 1.02. The number of ether oxygens (including phenoxy) is 1. The lowest BCUT2D eigenvalue weighted by Crippen LogP contribution is -2.11. The highest BCUT2D eigenvalue weighted by Crippen LogP contribution is 2.17. The molecular weight excluding hydrogens is 250 g/mol. The molecule has 0 amide bonds. The minimum Gasteiger partial charge on any atom is -0.497 e. The molecule has 2 rings (SSSR count). The van der Waals surface area contributed by atoms with Gasteiger partial charge in [-0.1, -0.05) is 12.1 Å². The highest BCUT2D eigenvalue weighted by molar-refractivity contribution is 5.30. The Morgan fingerprint density at radius 3 is 2.80 bits per heavy atom. The topological polar surface area (TPSA) is 39.1 Å². The van der Waals surface area contributed by atoms with Gasteiger partial charge in [0.1, 0.15) is 5.75 Å². The maximum Gasteiger partial charge on any atom is 0.119 e. The first-order valence-electron chi connectivity index (χ1n) is 6.96. The quantitative estimate of drug-likeness (QED) is 0.878. The first kappa shape index (κ1) is 14.6. The smallest absolute Gasteiger partial charge is 0.119 e. The average molecular weight is 273 g/mol. The number of hydrogen-bond donors (Lipinski definition) is 1. The van der Waals surface area contributed by atoms with Crippen LogP contribution in [-0.4, -0.2) is 30.5 Å². The van der Waals surface area contributed by atoms with Crippen molar-refractivity contribution in [3.05, 3.63) is 46.8 Å². The number of hydrogen-bond acceptors (Lipinski definition) is 3. The predicted octanol–water partition coefficient (Wildman–Crippen LogP) is 2.32. The molecule has 1 aromatic heterocycles. The molecule has 4 heteroatoms. The van der Waals surface area contributed by atoms with Crippen molar-refractivity contribution in [3.8, 4) is 5.75 Å². The molecule has 2 aromatic rings. The molecule has 0 saturated heterocycles. The Labute approximate surface area is 120 Å². The van der Waals surface area contributed by atoms with Crippen LogP contribution in [0.25, 0.3) is 0 Å². The minimum atomic E-state index is 0.781. The van der Waals surface area contributed by atoms with Gasteiger partial charge in [-0.05, 0) is 57.1 Å². The number of benzene rings is 1. The molecule has 0 fully saturated rings. The Morgan fingerprint density at radius 2 is 2.10 bits per heavy atom. The second-order valence-electron chi connectivity index (χ2n) is 5.01. The summed E-state index contributed by atoms with van der Waals surface area (Å²) in [7, 11) is 3.67. The van der Waals surface area contributed by atoms with E-state index in [0.717, 1.165) is 31.0 Å². The van der Waals surface area contributed by atoms with Crippen molar-refractivity contribution >= 4 is 0 Å². The van der Waals surface area contributed by atoms with Crippen molar-refractivity contribution in [2.75, 3.05) is 20.7 Å². The summed E-state index contributed by atoms with van der Waals surface area (Å²) in [4.78, 5) is 0. The molecular formula is C16H23N3O. The third-order valence-corrected chi connectivity index (χ3v) is 3.62. The Balaban J connectivity index is 2.20. The number of aryl methyl sites for hydroxylation is 1. The molecule has 0 aliphatic rings. The molecule has 0 spiro atoms. The van der Waals surface area contributed by atoms with Crippen molar-refractivity contribution in [3.63, 3.8) is 0 Å².